The second kappa shape index (κ2) is 12.9. The number of anilines is 2. The van der Waals surface area contributed by atoms with Gasteiger partial charge in [-0.15, -0.1) is 12.4 Å². The number of ether oxygens (including phenoxy) is 1. The van der Waals surface area contributed by atoms with Crippen LogP contribution >= 0.6 is 23.7 Å². The van der Waals surface area contributed by atoms with Crippen molar-refractivity contribution in [2.45, 2.75) is 11.8 Å². The molecule has 1 fully saturated rings. The van der Waals surface area contributed by atoms with Crippen molar-refractivity contribution in [2.24, 2.45) is 0 Å². The number of fused-ring (bicyclic) bond motifs is 1. The minimum atomic E-state index is -3.80. The Morgan fingerprint density at radius 2 is 1.77 bits per heavy atom. The lowest BCUT2D eigenvalue weighted by atomic mass is 10.2. The first-order valence-electron chi connectivity index (χ1n) is 12.7. The van der Waals surface area contributed by atoms with Crippen molar-refractivity contribution < 1.29 is 17.9 Å². The molecule has 9 nitrogen and oxygen atoms in total. The fourth-order valence-corrected chi connectivity index (χ4v) is 6.61. The third-order valence-corrected chi connectivity index (χ3v) is 9.11. The molecule has 0 radical (unpaired) electrons. The third kappa shape index (κ3) is 7.03. The molecule has 1 saturated heterocycles. The summed E-state index contributed by atoms with van der Waals surface area (Å²) in [5.74, 6) is 0.321. The monoisotopic (exact) mass is 601 g/mol. The molecule has 1 aliphatic heterocycles. The van der Waals surface area contributed by atoms with Gasteiger partial charge in [-0.25, -0.2) is 13.4 Å². The quantitative estimate of drug-likeness (QED) is 0.293. The van der Waals surface area contributed by atoms with Crippen molar-refractivity contribution in [3.63, 3.8) is 0 Å². The van der Waals surface area contributed by atoms with E-state index in [1.54, 1.807) is 41.7 Å². The van der Waals surface area contributed by atoms with Gasteiger partial charge in [0.25, 0.3) is 15.9 Å². The Bertz CT molecular complexity index is 1570. The van der Waals surface area contributed by atoms with Crippen LogP contribution < -0.4 is 19.7 Å². The number of carbonyl (C=O) groups excluding carboxylic acids is 1. The van der Waals surface area contributed by atoms with E-state index in [2.05, 4.69) is 45.0 Å². The van der Waals surface area contributed by atoms with Gasteiger partial charge >= 0.3 is 0 Å². The number of nitrogens with one attached hydrogen (secondary N) is 2. The lowest BCUT2D eigenvalue weighted by Crippen LogP contribution is -2.48. The van der Waals surface area contributed by atoms with Gasteiger partial charge < -0.3 is 15.0 Å². The maximum absolute atomic E-state index is 12.8. The Hall–Kier alpha value is -3.38. The molecule has 40 heavy (non-hydrogen) atoms. The number of amides is 1. The summed E-state index contributed by atoms with van der Waals surface area (Å²) in [5, 5.41) is 4.01. The second-order valence-corrected chi connectivity index (χ2v) is 12.1. The molecule has 5 rings (SSSR count). The van der Waals surface area contributed by atoms with E-state index < -0.39 is 10.0 Å². The number of rotatable bonds is 9. The van der Waals surface area contributed by atoms with Crippen molar-refractivity contribution >= 4 is 60.7 Å². The molecule has 2 N–H and O–H groups in total. The first-order chi connectivity index (χ1) is 18.8. The average molecular weight is 602 g/mol. The lowest BCUT2D eigenvalue weighted by molar-refractivity contribution is 0.0948. The molecule has 212 valence electrons. The molecule has 1 aromatic heterocycles. The number of benzene rings is 3. The number of aromatic nitrogens is 1. The lowest BCUT2D eigenvalue weighted by Gasteiger charge is -2.34. The van der Waals surface area contributed by atoms with Crippen molar-refractivity contribution in [2.75, 3.05) is 56.0 Å². The smallest absolute Gasteiger partial charge is 0.261 e. The standard InChI is InChI=1S/C28H31N5O4S2.ClH/c1-20-6-11-25-26(18-20)38-28(30-25)33-16-14-32(15-17-33)13-12-29-27(34)21-4-3-5-22(19-21)31-39(35,36)24-9-7-23(37-2)8-10-24;/h3-11,18-19,31H,12-17H2,1-2H3,(H,29,34);1H. The zero-order chi connectivity index (χ0) is 27.4. The summed E-state index contributed by atoms with van der Waals surface area (Å²) in [5.41, 5.74) is 3.00. The van der Waals surface area contributed by atoms with Gasteiger partial charge in [-0.3, -0.25) is 14.4 Å². The van der Waals surface area contributed by atoms with Crippen LogP contribution in [-0.4, -0.2) is 70.6 Å². The molecule has 1 aliphatic rings. The Morgan fingerprint density at radius 3 is 2.50 bits per heavy atom. The summed E-state index contributed by atoms with van der Waals surface area (Å²) in [4.78, 5) is 22.3. The van der Waals surface area contributed by atoms with Gasteiger partial charge in [-0.2, -0.15) is 0 Å². The fraction of sp³-hybridized carbons (Fsp3) is 0.286. The van der Waals surface area contributed by atoms with Gasteiger partial charge in [-0.1, -0.05) is 23.5 Å². The predicted molar refractivity (Wildman–Crippen MR) is 163 cm³/mol. The summed E-state index contributed by atoms with van der Waals surface area (Å²) >= 11 is 1.73. The average Bonchev–Trinajstić information content (AvgIpc) is 3.36. The highest BCUT2D eigenvalue weighted by Gasteiger charge is 2.20. The summed E-state index contributed by atoms with van der Waals surface area (Å²) < 4.78 is 34.3. The Labute approximate surface area is 244 Å². The number of aryl methyl sites for hydroxylation is 1. The minimum Gasteiger partial charge on any atom is -0.497 e. The molecule has 1 amide bonds. The highest BCUT2D eigenvalue weighted by atomic mass is 35.5. The zero-order valence-corrected chi connectivity index (χ0v) is 24.7. The molecule has 0 saturated carbocycles. The SMILES string of the molecule is COc1ccc(S(=O)(=O)Nc2cccc(C(=O)NCCN3CCN(c4nc5ccc(C)cc5s4)CC3)c2)cc1.Cl. The molecule has 4 aromatic rings. The zero-order valence-electron chi connectivity index (χ0n) is 22.3. The van der Waals surface area contributed by atoms with E-state index in [1.807, 2.05) is 0 Å². The number of piperazine rings is 1. The number of nitrogens with zero attached hydrogens (tertiary/aromatic N) is 3. The van der Waals surface area contributed by atoms with E-state index in [-0.39, 0.29) is 23.2 Å². The molecule has 0 spiro atoms. The largest absolute Gasteiger partial charge is 0.497 e. The van der Waals surface area contributed by atoms with Crippen LogP contribution in [0.3, 0.4) is 0 Å². The van der Waals surface area contributed by atoms with Crippen LogP contribution in [-0.2, 0) is 10.0 Å². The highest BCUT2D eigenvalue weighted by Crippen LogP contribution is 2.30. The van der Waals surface area contributed by atoms with Crippen molar-refractivity contribution in [3.05, 3.63) is 77.9 Å². The van der Waals surface area contributed by atoms with Gasteiger partial charge in [-0.05, 0) is 67.1 Å². The van der Waals surface area contributed by atoms with Crippen molar-refractivity contribution in [3.8, 4) is 5.75 Å². The van der Waals surface area contributed by atoms with E-state index >= 15 is 0 Å². The maximum atomic E-state index is 12.8. The molecule has 0 bridgehead atoms. The van der Waals surface area contributed by atoms with E-state index in [0.717, 1.165) is 43.4 Å². The van der Waals surface area contributed by atoms with Crippen LogP contribution in [0.25, 0.3) is 10.2 Å². The number of halogens is 1. The normalized spacial score (nSPS) is 14.0. The fourth-order valence-electron chi connectivity index (χ4n) is 4.44. The number of hydrogen-bond donors (Lipinski definition) is 2. The van der Waals surface area contributed by atoms with Crippen LogP contribution in [0.1, 0.15) is 15.9 Å². The van der Waals surface area contributed by atoms with E-state index in [9.17, 15) is 13.2 Å². The third-order valence-electron chi connectivity index (χ3n) is 6.64. The molecular weight excluding hydrogens is 570 g/mol. The van der Waals surface area contributed by atoms with Crippen molar-refractivity contribution in [1.29, 1.82) is 0 Å². The highest BCUT2D eigenvalue weighted by molar-refractivity contribution is 7.92. The number of hydrogen-bond acceptors (Lipinski definition) is 8. The maximum Gasteiger partial charge on any atom is 0.261 e. The number of thiazole rings is 1. The second-order valence-electron chi connectivity index (χ2n) is 9.41. The Kier molecular flexibility index (Phi) is 9.52. The molecule has 2 heterocycles. The van der Waals surface area contributed by atoms with Crippen molar-refractivity contribution in [1.82, 2.24) is 15.2 Å². The predicted octanol–water partition coefficient (Wildman–Crippen LogP) is 4.39. The van der Waals surface area contributed by atoms with Gasteiger partial charge in [0.05, 0.1) is 22.2 Å². The van der Waals surface area contributed by atoms with Crippen LogP contribution in [0.2, 0.25) is 0 Å². The molecule has 3 aromatic carbocycles. The first kappa shape index (κ1) is 29.6. The topological polar surface area (TPSA) is 104 Å². The Balaban J connectivity index is 0.00000370. The first-order valence-corrected chi connectivity index (χ1v) is 15.0. The van der Waals surface area contributed by atoms with E-state index in [1.165, 1.54) is 35.6 Å². The summed E-state index contributed by atoms with van der Waals surface area (Å²) in [6, 6.07) is 18.9. The molecule has 0 aliphatic carbocycles. The molecule has 12 heteroatoms. The van der Waals surface area contributed by atoms with Gasteiger partial charge in [0, 0.05) is 50.5 Å². The summed E-state index contributed by atoms with van der Waals surface area (Å²) in [7, 11) is -2.28. The van der Waals surface area contributed by atoms with E-state index in [4.69, 9.17) is 9.72 Å². The van der Waals surface area contributed by atoms with Crippen LogP contribution in [0, 0.1) is 6.92 Å². The van der Waals surface area contributed by atoms with Crippen LogP contribution in [0.15, 0.2) is 71.6 Å². The minimum absolute atomic E-state index is 0. The van der Waals surface area contributed by atoms with Gasteiger partial charge in [0.1, 0.15) is 5.75 Å². The number of sulfonamides is 1. The number of carbonyl (C=O) groups is 1. The van der Waals surface area contributed by atoms with Gasteiger partial charge in [0.15, 0.2) is 5.13 Å². The summed E-state index contributed by atoms with van der Waals surface area (Å²) in [6.07, 6.45) is 0. The summed E-state index contributed by atoms with van der Waals surface area (Å²) in [6.45, 7) is 6.91. The Morgan fingerprint density at radius 1 is 1.02 bits per heavy atom. The van der Waals surface area contributed by atoms with Crippen LogP contribution in [0.5, 0.6) is 5.75 Å². The van der Waals surface area contributed by atoms with Gasteiger partial charge in [0.2, 0.25) is 0 Å². The van der Waals surface area contributed by atoms with Crippen LogP contribution in [0.4, 0.5) is 10.8 Å². The van der Waals surface area contributed by atoms with E-state index in [0.29, 0.717) is 23.5 Å². The molecular formula is C28H32ClN5O4S2. The molecule has 0 atom stereocenters. The number of methoxy groups -OCH3 is 1. The molecule has 0 unspecified atom stereocenters.